The first-order chi connectivity index (χ1) is 10.0. The van der Waals surface area contributed by atoms with Gasteiger partial charge in [-0.05, 0) is 22.9 Å². The maximum atomic E-state index is 12.2. The first-order valence-electron chi connectivity index (χ1n) is 6.82. The highest BCUT2D eigenvalue weighted by molar-refractivity contribution is 7.91. The highest BCUT2D eigenvalue weighted by atomic mass is 32.2. The molecule has 2 saturated heterocycles. The molecule has 108 valence electrons. The third-order valence-corrected chi connectivity index (χ3v) is 5.91. The summed E-state index contributed by atoms with van der Waals surface area (Å²) < 4.78 is 23.5. The van der Waals surface area contributed by atoms with Crippen molar-refractivity contribution in [1.82, 2.24) is 5.32 Å². The summed E-state index contributed by atoms with van der Waals surface area (Å²) in [7, 11) is -3.07. The number of nitrogens with one attached hydrogen (secondary N) is 1. The van der Waals surface area contributed by atoms with Gasteiger partial charge in [0.1, 0.15) is 0 Å². The van der Waals surface area contributed by atoms with Gasteiger partial charge in [0.2, 0.25) is 0 Å². The lowest BCUT2D eigenvalue weighted by Gasteiger charge is -2.21. The van der Waals surface area contributed by atoms with Gasteiger partial charge in [0, 0.05) is 5.69 Å². The van der Waals surface area contributed by atoms with Crippen LogP contribution < -0.4 is 10.2 Å². The van der Waals surface area contributed by atoms with Crippen molar-refractivity contribution in [3.63, 3.8) is 0 Å². The zero-order chi connectivity index (χ0) is 14.6. The Morgan fingerprint density at radius 3 is 2.62 bits per heavy atom. The van der Waals surface area contributed by atoms with Gasteiger partial charge in [0.25, 0.3) is 0 Å². The van der Waals surface area contributed by atoms with Gasteiger partial charge in [-0.1, -0.05) is 30.3 Å². The van der Waals surface area contributed by atoms with Gasteiger partial charge in [-0.3, -0.25) is 4.90 Å². The Hall–Kier alpha value is -2.08. The van der Waals surface area contributed by atoms with Gasteiger partial charge in [0.05, 0.1) is 23.6 Å². The van der Waals surface area contributed by atoms with E-state index < -0.39 is 9.84 Å². The van der Waals surface area contributed by atoms with Crippen LogP contribution in [0.15, 0.2) is 42.5 Å². The molecule has 1 N–H and O–H groups in total. The zero-order valence-corrected chi connectivity index (χ0v) is 12.0. The molecule has 21 heavy (non-hydrogen) atoms. The van der Waals surface area contributed by atoms with Crippen LogP contribution in [-0.4, -0.2) is 38.0 Å². The molecule has 2 atom stereocenters. The number of sulfone groups is 1. The minimum Gasteiger partial charge on any atom is -0.332 e. The lowest BCUT2D eigenvalue weighted by atomic mass is 10.1. The van der Waals surface area contributed by atoms with E-state index in [1.807, 2.05) is 42.5 Å². The van der Waals surface area contributed by atoms with E-state index in [2.05, 4.69) is 5.32 Å². The molecule has 2 aromatic carbocycles. The largest absolute Gasteiger partial charge is 0.332 e. The van der Waals surface area contributed by atoms with Gasteiger partial charge in [-0.2, -0.15) is 0 Å². The Morgan fingerprint density at radius 2 is 1.81 bits per heavy atom. The van der Waals surface area contributed by atoms with Crippen LogP contribution in [0.5, 0.6) is 0 Å². The number of carbonyl (C=O) groups excluding carboxylic acids is 1. The molecule has 0 aromatic heterocycles. The molecular weight excluding hydrogens is 288 g/mol. The minimum absolute atomic E-state index is 0.0310. The number of nitrogens with zero attached hydrogens (tertiary/aromatic N) is 1. The first kappa shape index (κ1) is 12.6. The molecule has 2 fully saturated rings. The second-order valence-corrected chi connectivity index (χ2v) is 7.76. The molecule has 2 amide bonds. The summed E-state index contributed by atoms with van der Waals surface area (Å²) in [5.41, 5.74) is 0.746. The van der Waals surface area contributed by atoms with Crippen molar-refractivity contribution in [2.24, 2.45) is 0 Å². The minimum atomic E-state index is -3.07. The lowest BCUT2D eigenvalue weighted by Crippen LogP contribution is -2.36. The fourth-order valence-corrected chi connectivity index (χ4v) is 5.13. The van der Waals surface area contributed by atoms with Crippen LogP contribution in [0.25, 0.3) is 10.8 Å². The molecule has 4 rings (SSSR count). The molecule has 6 heteroatoms. The monoisotopic (exact) mass is 302 g/mol. The highest BCUT2D eigenvalue weighted by Gasteiger charge is 2.49. The van der Waals surface area contributed by atoms with Gasteiger partial charge in [-0.15, -0.1) is 0 Å². The van der Waals surface area contributed by atoms with Crippen molar-refractivity contribution in [3.05, 3.63) is 42.5 Å². The Balaban J connectivity index is 1.78. The Labute approximate surface area is 122 Å². The van der Waals surface area contributed by atoms with Crippen LogP contribution in [-0.2, 0) is 9.84 Å². The second-order valence-electron chi connectivity index (χ2n) is 5.60. The van der Waals surface area contributed by atoms with E-state index in [1.54, 1.807) is 4.90 Å². The number of anilines is 1. The van der Waals surface area contributed by atoms with Crippen LogP contribution in [0.1, 0.15) is 0 Å². The van der Waals surface area contributed by atoms with E-state index in [9.17, 15) is 13.2 Å². The smallest absolute Gasteiger partial charge is 0.322 e. The number of hydrogen-bond donors (Lipinski definition) is 1. The fourth-order valence-electron chi connectivity index (χ4n) is 3.24. The van der Waals surface area contributed by atoms with Crippen molar-refractivity contribution >= 4 is 32.3 Å². The Morgan fingerprint density at radius 1 is 1.05 bits per heavy atom. The third kappa shape index (κ3) is 1.98. The van der Waals surface area contributed by atoms with Crippen molar-refractivity contribution in [1.29, 1.82) is 0 Å². The van der Waals surface area contributed by atoms with Gasteiger partial charge >= 0.3 is 6.03 Å². The summed E-state index contributed by atoms with van der Waals surface area (Å²) in [5, 5.41) is 4.90. The molecule has 5 nitrogen and oxygen atoms in total. The molecule has 0 spiro atoms. The summed E-state index contributed by atoms with van der Waals surface area (Å²) in [6, 6.07) is 12.8. The molecule has 2 aliphatic rings. The number of fused-ring (bicyclic) bond motifs is 2. The molecule has 2 heterocycles. The van der Waals surface area contributed by atoms with E-state index in [4.69, 9.17) is 0 Å². The predicted octanol–water partition coefficient (Wildman–Crippen LogP) is 1.53. The number of rotatable bonds is 1. The van der Waals surface area contributed by atoms with Crippen LogP contribution in [0.2, 0.25) is 0 Å². The van der Waals surface area contributed by atoms with E-state index in [-0.39, 0.29) is 29.6 Å². The molecule has 0 radical (unpaired) electrons. The van der Waals surface area contributed by atoms with Crippen molar-refractivity contribution in [3.8, 4) is 0 Å². The van der Waals surface area contributed by atoms with Crippen molar-refractivity contribution in [2.75, 3.05) is 16.4 Å². The summed E-state index contributed by atoms with van der Waals surface area (Å²) in [5.74, 6) is 0.0662. The van der Waals surface area contributed by atoms with Crippen LogP contribution >= 0.6 is 0 Å². The third-order valence-electron chi connectivity index (χ3n) is 4.19. The highest BCUT2D eigenvalue weighted by Crippen LogP contribution is 2.31. The summed E-state index contributed by atoms with van der Waals surface area (Å²) >= 11 is 0. The molecule has 0 unspecified atom stereocenters. The molecular formula is C15H14N2O3S. The summed E-state index contributed by atoms with van der Waals surface area (Å²) in [6.07, 6.45) is 0. The van der Waals surface area contributed by atoms with E-state index >= 15 is 0 Å². The quantitative estimate of drug-likeness (QED) is 0.813. The normalized spacial score (nSPS) is 26.9. The SMILES string of the molecule is O=C1N[C@@H]2CS(=O)(=O)C[C@@H]2N1c1ccc2ccccc2c1. The van der Waals surface area contributed by atoms with Crippen LogP contribution in [0.3, 0.4) is 0 Å². The average Bonchev–Trinajstić information content (AvgIpc) is 2.88. The van der Waals surface area contributed by atoms with Gasteiger partial charge in [0.15, 0.2) is 9.84 Å². The number of hydrogen-bond acceptors (Lipinski definition) is 3. The molecule has 0 bridgehead atoms. The van der Waals surface area contributed by atoms with E-state index in [0.717, 1.165) is 16.5 Å². The standard InChI is InChI=1S/C15H14N2O3S/c18-15-16-13-8-21(19,20)9-14(13)17(15)12-6-5-10-3-1-2-4-11(10)7-12/h1-7,13-14H,8-9H2,(H,16,18)/t13-,14+/m1/s1. The van der Waals surface area contributed by atoms with Crippen LogP contribution in [0.4, 0.5) is 10.5 Å². The maximum Gasteiger partial charge on any atom is 0.322 e. The Bertz CT molecular complexity index is 847. The van der Waals surface area contributed by atoms with E-state index in [1.165, 1.54) is 0 Å². The molecule has 2 aromatic rings. The lowest BCUT2D eigenvalue weighted by molar-refractivity contribution is 0.251. The number of urea groups is 1. The Kier molecular flexibility index (Phi) is 2.53. The summed E-state index contributed by atoms with van der Waals surface area (Å²) in [4.78, 5) is 13.7. The number of amides is 2. The summed E-state index contributed by atoms with van der Waals surface area (Å²) in [6.45, 7) is 0. The van der Waals surface area contributed by atoms with Gasteiger partial charge < -0.3 is 5.32 Å². The topological polar surface area (TPSA) is 66.5 Å². The van der Waals surface area contributed by atoms with Crippen molar-refractivity contribution in [2.45, 2.75) is 12.1 Å². The molecule has 0 saturated carbocycles. The maximum absolute atomic E-state index is 12.2. The van der Waals surface area contributed by atoms with Crippen LogP contribution in [0, 0.1) is 0 Å². The second kappa shape index (κ2) is 4.21. The number of benzene rings is 2. The van der Waals surface area contributed by atoms with E-state index in [0.29, 0.717) is 0 Å². The van der Waals surface area contributed by atoms with Crippen molar-refractivity contribution < 1.29 is 13.2 Å². The molecule has 0 aliphatic carbocycles. The molecule has 2 aliphatic heterocycles. The number of carbonyl (C=O) groups is 1. The zero-order valence-electron chi connectivity index (χ0n) is 11.2. The first-order valence-corrected chi connectivity index (χ1v) is 8.65. The fraction of sp³-hybridized carbons (Fsp3) is 0.267. The van der Waals surface area contributed by atoms with Gasteiger partial charge in [-0.25, -0.2) is 13.2 Å². The average molecular weight is 302 g/mol. The predicted molar refractivity (Wildman–Crippen MR) is 81.2 cm³/mol.